The highest BCUT2D eigenvalue weighted by Gasteiger charge is 2.24. The fourth-order valence-electron chi connectivity index (χ4n) is 4.77. The third-order valence-electron chi connectivity index (χ3n) is 6.89. The van der Waals surface area contributed by atoms with Crippen molar-refractivity contribution in [2.75, 3.05) is 0 Å². The summed E-state index contributed by atoms with van der Waals surface area (Å²) in [4.78, 5) is 0. The number of benzene rings is 2. The molecule has 2 aromatic rings. The first-order chi connectivity index (χ1) is 14.2. The minimum atomic E-state index is 0.788. The summed E-state index contributed by atoms with van der Waals surface area (Å²) < 4.78 is 0. The molecule has 0 nitrogen and oxygen atoms in total. The van der Waals surface area contributed by atoms with Crippen LogP contribution in [0.3, 0.4) is 0 Å². The van der Waals surface area contributed by atoms with Gasteiger partial charge < -0.3 is 0 Å². The SMILES string of the molecule is CCCCC1CCC(C(C)Cc2ccc(C#Cc3ccc(CC)cc3)cc2)CC1. The number of hydrogen-bond acceptors (Lipinski definition) is 0. The van der Waals surface area contributed by atoms with E-state index >= 15 is 0 Å². The summed E-state index contributed by atoms with van der Waals surface area (Å²) in [5.41, 5.74) is 5.03. The molecule has 1 atom stereocenters. The van der Waals surface area contributed by atoms with Gasteiger partial charge in [-0.15, -0.1) is 0 Å². The maximum Gasteiger partial charge on any atom is 0.0249 e. The molecular weight excluding hydrogens is 348 g/mol. The molecule has 0 saturated heterocycles. The first-order valence-electron chi connectivity index (χ1n) is 11.9. The smallest absolute Gasteiger partial charge is 0.0249 e. The lowest BCUT2D eigenvalue weighted by Crippen LogP contribution is -2.21. The Hall–Kier alpha value is -2.00. The van der Waals surface area contributed by atoms with E-state index in [9.17, 15) is 0 Å². The topological polar surface area (TPSA) is 0 Å². The number of hydrogen-bond donors (Lipinski definition) is 0. The second-order valence-corrected chi connectivity index (χ2v) is 9.10. The van der Waals surface area contributed by atoms with Gasteiger partial charge in [-0.3, -0.25) is 0 Å². The van der Waals surface area contributed by atoms with Crippen LogP contribution >= 0.6 is 0 Å². The average Bonchev–Trinajstić information content (AvgIpc) is 2.78. The molecule has 0 aliphatic heterocycles. The van der Waals surface area contributed by atoms with Gasteiger partial charge in [0.1, 0.15) is 0 Å². The first-order valence-corrected chi connectivity index (χ1v) is 11.9. The molecule has 1 fully saturated rings. The predicted octanol–water partition coefficient (Wildman–Crippen LogP) is 7.82. The molecule has 29 heavy (non-hydrogen) atoms. The Morgan fingerprint density at radius 1 is 0.793 bits per heavy atom. The largest absolute Gasteiger partial charge is 0.0654 e. The van der Waals surface area contributed by atoms with E-state index in [0.29, 0.717) is 0 Å². The van der Waals surface area contributed by atoms with Crippen LogP contribution in [-0.2, 0) is 12.8 Å². The molecule has 2 aromatic carbocycles. The van der Waals surface area contributed by atoms with Gasteiger partial charge in [0.25, 0.3) is 0 Å². The van der Waals surface area contributed by atoms with Gasteiger partial charge in [0.15, 0.2) is 0 Å². The molecular formula is C29H38. The van der Waals surface area contributed by atoms with Crippen molar-refractivity contribution in [2.24, 2.45) is 17.8 Å². The van der Waals surface area contributed by atoms with Gasteiger partial charge >= 0.3 is 0 Å². The van der Waals surface area contributed by atoms with Crippen LogP contribution in [-0.4, -0.2) is 0 Å². The van der Waals surface area contributed by atoms with Gasteiger partial charge in [0.2, 0.25) is 0 Å². The zero-order valence-corrected chi connectivity index (χ0v) is 18.7. The van der Waals surface area contributed by atoms with Gasteiger partial charge in [-0.05, 0) is 78.8 Å². The normalized spacial score (nSPS) is 20.0. The van der Waals surface area contributed by atoms with Crippen molar-refractivity contribution in [1.29, 1.82) is 0 Å². The Balaban J connectivity index is 1.49. The Kier molecular flexibility index (Phi) is 8.42. The van der Waals surface area contributed by atoms with Crippen LogP contribution in [0.15, 0.2) is 48.5 Å². The molecule has 0 aromatic heterocycles. The van der Waals surface area contributed by atoms with E-state index in [1.165, 1.54) is 62.5 Å². The van der Waals surface area contributed by atoms with Crippen molar-refractivity contribution in [3.63, 3.8) is 0 Å². The minimum absolute atomic E-state index is 0.788. The summed E-state index contributed by atoms with van der Waals surface area (Å²) in [6.07, 6.45) is 12.3. The van der Waals surface area contributed by atoms with E-state index in [2.05, 4.69) is 81.1 Å². The van der Waals surface area contributed by atoms with E-state index < -0.39 is 0 Å². The molecule has 1 unspecified atom stereocenters. The molecule has 0 heteroatoms. The molecule has 0 radical (unpaired) electrons. The van der Waals surface area contributed by atoms with Crippen molar-refractivity contribution < 1.29 is 0 Å². The molecule has 0 N–H and O–H groups in total. The summed E-state index contributed by atoms with van der Waals surface area (Å²) in [7, 11) is 0. The van der Waals surface area contributed by atoms with Gasteiger partial charge in [-0.2, -0.15) is 0 Å². The van der Waals surface area contributed by atoms with Crippen LogP contribution < -0.4 is 0 Å². The summed E-state index contributed by atoms with van der Waals surface area (Å²) in [5.74, 6) is 9.32. The Morgan fingerprint density at radius 2 is 1.34 bits per heavy atom. The highest BCUT2D eigenvalue weighted by atomic mass is 14.3. The quantitative estimate of drug-likeness (QED) is 0.425. The predicted molar refractivity (Wildman–Crippen MR) is 126 cm³/mol. The minimum Gasteiger partial charge on any atom is -0.0654 e. The van der Waals surface area contributed by atoms with E-state index in [1.807, 2.05) is 0 Å². The lowest BCUT2D eigenvalue weighted by Gasteiger charge is -2.32. The molecule has 0 heterocycles. The number of aryl methyl sites for hydroxylation is 1. The third-order valence-corrected chi connectivity index (χ3v) is 6.89. The van der Waals surface area contributed by atoms with E-state index in [0.717, 1.165) is 35.3 Å². The van der Waals surface area contributed by atoms with Crippen molar-refractivity contribution in [1.82, 2.24) is 0 Å². The zero-order chi connectivity index (χ0) is 20.5. The van der Waals surface area contributed by atoms with Crippen LogP contribution in [0.4, 0.5) is 0 Å². The van der Waals surface area contributed by atoms with E-state index in [1.54, 1.807) is 0 Å². The Morgan fingerprint density at radius 3 is 1.86 bits per heavy atom. The van der Waals surface area contributed by atoms with Gasteiger partial charge in [-0.1, -0.05) is 89.0 Å². The van der Waals surface area contributed by atoms with Crippen LogP contribution in [0.5, 0.6) is 0 Å². The Labute approximate surface area is 179 Å². The summed E-state index contributed by atoms with van der Waals surface area (Å²) in [5, 5.41) is 0. The molecule has 3 rings (SSSR count). The number of unbranched alkanes of at least 4 members (excludes halogenated alkanes) is 1. The maximum absolute atomic E-state index is 3.31. The molecule has 1 saturated carbocycles. The van der Waals surface area contributed by atoms with Crippen molar-refractivity contribution >= 4 is 0 Å². The van der Waals surface area contributed by atoms with Gasteiger partial charge in [0.05, 0.1) is 0 Å². The summed E-state index contributed by atoms with van der Waals surface area (Å²) in [6, 6.07) is 17.5. The van der Waals surface area contributed by atoms with E-state index in [4.69, 9.17) is 0 Å². The molecule has 0 amide bonds. The second kappa shape index (κ2) is 11.3. The molecule has 1 aliphatic carbocycles. The average molecular weight is 387 g/mol. The molecule has 1 aliphatic rings. The monoisotopic (exact) mass is 386 g/mol. The van der Waals surface area contributed by atoms with Gasteiger partial charge in [-0.25, -0.2) is 0 Å². The summed E-state index contributed by atoms with van der Waals surface area (Å²) >= 11 is 0. The first kappa shape index (κ1) is 21.7. The second-order valence-electron chi connectivity index (χ2n) is 9.10. The Bertz CT molecular complexity index is 777. The van der Waals surface area contributed by atoms with Crippen molar-refractivity contribution in [2.45, 2.75) is 78.6 Å². The lowest BCUT2D eigenvalue weighted by molar-refractivity contribution is 0.205. The van der Waals surface area contributed by atoms with Crippen LogP contribution in [0.2, 0.25) is 0 Å². The fraction of sp³-hybridized carbons (Fsp3) is 0.517. The van der Waals surface area contributed by atoms with Crippen LogP contribution in [0.1, 0.15) is 88.0 Å². The van der Waals surface area contributed by atoms with Gasteiger partial charge in [0, 0.05) is 11.1 Å². The molecule has 154 valence electrons. The van der Waals surface area contributed by atoms with Crippen molar-refractivity contribution in [3.8, 4) is 11.8 Å². The van der Waals surface area contributed by atoms with Crippen molar-refractivity contribution in [3.05, 3.63) is 70.8 Å². The lowest BCUT2D eigenvalue weighted by atomic mass is 9.73. The highest BCUT2D eigenvalue weighted by molar-refractivity contribution is 5.44. The third kappa shape index (κ3) is 6.78. The maximum atomic E-state index is 3.31. The molecule has 0 bridgehead atoms. The zero-order valence-electron chi connectivity index (χ0n) is 18.7. The number of rotatable bonds is 7. The van der Waals surface area contributed by atoms with Crippen LogP contribution in [0, 0.1) is 29.6 Å². The fourth-order valence-corrected chi connectivity index (χ4v) is 4.77. The standard InChI is InChI=1S/C29H38/c1-4-6-7-25-18-20-29(21-19-25)23(3)22-28-16-14-27(15-17-28)13-12-26-10-8-24(5-2)9-11-26/h8-11,14-17,23,25,29H,4-7,18-22H2,1-3H3. The van der Waals surface area contributed by atoms with E-state index in [-0.39, 0.29) is 0 Å². The van der Waals surface area contributed by atoms with Crippen LogP contribution in [0.25, 0.3) is 0 Å². The molecule has 0 spiro atoms. The summed E-state index contributed by atoms with van der Waals surface area (Å²) in [6.45, 7) is 6.96. The highest BCUT2D eigenvalue weighted by Crippen LogP contribution is 2.36.